The Balaban J connectivity index is 2.11. The molecule has 1 heterocycles. The zero-order valence-corrected chi connectivity index (χ0v) is 16.4. The van der Waals surface area contributed by atoms with Crippen LogP contribution in [-0.4, -0.2) is 31.6 Å². The number of carbonyl (C=O) groups excluding carboxylic acids is 1. The van der Waals surface area contributed by atoms with E-state index in [1.165, 1.54) is 0 Å². The smallest absolute Gasteiger partial charge is 0.166 e. The van der Waals surface area contributed by atoms with Crippen molar-refractivity contribution in [3.05, 3.63) is 48.2 Å². The van der Waals surface area contributed by atoms with Gasteiger partial charge in [-0.3, -0.25) is 9.78 Å². The molecule has 0 atom stereocenters. The average molecular weight is 381 g/mol. The van der Waals surface area contributed by atoms with Gasteiger partial charge in [-0.1, -0.05) is 6.92 Å². The minimum atomic E-state index is -0.00720. The van der Waals surface area contributed by atoms with Crippen molar-refractivity contribution in [2.45, 2.75) is 20.3 Å². The molecule has 1 aromatic heterocycles. The van der Waals surface area contributed by atoms with Crippen LogP contribution in [0.15, 0.2) is 42.6 Å². The fourth-order valence-electron chi connectivity index (χ4n) is 2.90. The number of ketones is 1. The molecule has 0 unspecified atom stereocenters. The molecular formula is C22H23NO5. The lowest BCUT2D eigenvalue weighted by molar-refractivity contribution is 0.0986. The van der Waals surface area contributed by atoms with E-state index in [0.717, 1.165) is 5.39 Å². The fraction of sp³-hybridized carbons (Fsp3) is 0.273. The van der Waals surface area contributed by atoms with Gasteiger partial charge in [0.05, 0.1) is 31.9 Å². The summed E-state index contributed by atoms with van der Waals surface area (Å²) in [6.07, 6.45) is 2.03. The third kappa shape index (κ3) is 3.86. The first-order chi connectivity index (χ1) is 13.6. The van der Waals surface area contributed by atoms with Gasteiger partial charge < -0.3 is 18.9 Å². The minimum absolute atomic E-state index is 0.00720. The van der Waals surface area contributed by atoms with Crippen molar-refractivity contribution in [2.24, 2.45) is 0 Å². The number of nitrogens with zero attached hydrogens (tertiary/aromatic N) is 1. The van der Waals surface area contributed by atoms with Gasteiger partial charge >= 0.3 is 0 Å². The Morgan fingerprint density at radius 3 is 2.43 bits per heavy atom. The molecule has 0 amide bonds. The molecule has 0 saturated heterocycles. The van der Waals surface area contributed by atoms with E-state index in [0.29, 0.717) is 52.9 Å². The highest BCUT2D eigenvalue weighted by atomic mass is 16.5. The first-order valence-corrected chi connectivity index (χ1v) is 9.09. The van der Waals surface area contributed by atoms with Crippen molar-refractivity contribution in [3.8, 4) is 28.7 Å². The highest BCUT2D eigenvalue weighted by molar-refractivity contribution is 5.99. The van der Waals surface area contributed by atoms with Gasteiger partial charge in [-0.15, -0.1) is 0 Å². The van der Waals surface area contributed by atoms with Crippen molar-refractivity contribution in [3.63, 3.8) is 0 Å². The molecule has 3 aromatic rings. The molecule has 3 rings (SSSR count). The molecule has 6 nitrogen and oxygen atoms in total. The van der Waals surface area contributed by atoms with E-state index in [9.17, 15) is 4.79 Å². The third-order valence-corrected chi connectivity index (χ3v) is 4.32. The lowest BCUT2D eigenvalue weighted by Gasteiger charge is -2.15. The predicted octanol–water partition coefficient (Wildman–Crippen LogP) is 5.04. The summed E-state index contributed by atoms with van der Waals surface area (Å²) in [6.45, 7) is 4.24. The Kier molecular flexibility index (Phi) is 5.99. The van der Waals surface area contributed by atoms with Crippen LogP contribution in [0, 0.1) is 0 Å². The molecule has 0 fully saturated rings. The molecule has 146 valence electrons. The molecule has 28 heavy (non-hydrogen) atoms. The van der Waals surface area contributed by atoms with Crippen LogP contribution in [0.25, 0.3) is 10.9 Å². The van der Waals surface area contributed by atoms with E-state index in [-0.39, 0.29) is 5.78 Å². The van der Waals surface area contributed by atoms with E-state index in [2.05, 4.69) is 4.98 Å². The molecule has 0 bridgehead atoms. The van der Waals surface area contributed by atoms with Crippen LogP contribution in [0.2, 0.25) is 0 Å². The van der Waals surface area contributed by atoms with Crippen LogP contribution in [0.4, 0.5) is 0 Å². The number of benzene rings is 2. The molecule has 0 aliphatic rings. The standard InChI is InChI=1S/C22H23NO5/c1-5-18(24)15-8-7-14(25-3)11-20(15)28-19-9-10-23-17-13-22(27-6-2)21(26-4)12-16(17)19/h7-13H,5-6H2,1-4H3. The van der Waals surface area contributed by atoms with E-state index < -0.39 is 0 Å². The van der Waals surface area contributed by atoms with Crippen LogP contribution in [0.1, 0.15) is 30.6 Å². The first kappa shape index (κ1) is 19.5. The molecule has 0 spiro atoms. The molecule has 0 N–H and O–H groups in total. The number of rotatable bonds is 8. The van der Waals surface area contributed by atoms with Crippen LogP contribution < -0.4 is 18.9 Å². The summed E-state index contributed by atoms with van der Waals surface area (Å²) in [4.78, 5) is 16.7. The van der Waals surface area contributed by atoms with E-state index in [1.807, 2.05) is 26.0 Å². The molecular weight excluding hydrogens is 358 g/mol. The van der Waals surface area contributed by atoms with Gasteiger partial charge in [0.25, 0.3) is 0 Å². The van der Waals surface area contributed by atoms with Gasteiger partial charge in [0.1, 0.15) is 17.2 Å². The summed E-state index contributed by atoms with van der Waals surface area (Å²) in [5.41, 5.74) is 1.21. The number of carbonyl (C=O) groups is 1. The Morgan fingerprint density at radius 2 is 1.75 bits per heavy atom. The van der Waals surface area contributed by atoms with Gasteiger partial charge in [0.2, 0.25) is 0 Å². The number of fused-ring (bicyclic) bond motifs is 1. The van der Waals surface area contributed by atoms with Gasteiger partial charge in [0, 0.05) is 30.1 Å². The SMILES string of the molecule is CCOc1cc2nccc(Oc3cc(OC)ccc3C(=O)CC)c2cc1OC. The third-order valence-electron chi connectivity index (χ3n) is 4.32. The molecule has 0 radical (unpaired) electrons. The zero-order valence-electron chi connectivity index (χ0n) is 16.4. The summed E-state index contributed by atoms with van der Waals surface area (Å²) in [6, 6.07) is 10.6. The number of pyridine rings is 1. The number of hydrogen-bond donors (Lipinski definition) is 0. The maximum Gasteiger partial charge on any atom is 0.166 e. The lowest BCUT2D eigenvalue weighted by atomic mass is 10.1. The molecule has 0 aliphatic carbocycles. The van der Waals surface area contributed by atoms with Crippen molar-refractivity contribution < 1.29 is 23.7 Å². The fourth-order valence-corrected chi connectivity index (χ4v) is 2.90. The molecule has 2 aromatic carbocycles. The molecule has 0 saturated carbocycles. The molecule has 6 heteroatoms. The number of Topliss-reactive ketones (excluding diaryl/α,β-unsaturated/α-hetero) is 1. The zero-order chi connectivity index (χ0) is 20.1. The summed E-state index contributed by atoms with van der Waals surface area (Å²) in [5, 5.41) is 0.750. The summed E-state index contributed by atoms with van der Waals surface area (Å²) in [7, 11) is 3.16. The Labute approximate surface area is 164 Å². The van der Waals surface area contributed by atoms with E-state index in [4.69, 9.17) is 18.9 Å². The van der Waals surface area contributed by atoms with Crippen LogP contribution in [-0.2, 0) is 0 Å². The van der Waals surface area contributed by atoms with E-state index in [1.54, 1.807) is 44.7 Å². The monoisotopic (exact) mass is 381 g/mol. The first-order valence-electron chi connectivity index (χ1n) is 9.09. The topological polar surface area (TPSA) is 66.9 Å². The Hall–Kier alpha value is -3.28. The highest BCUT2D eigenvalue weighted by Gasteiger charge is 2.16. The highest BCUT2D eigenvalue weighted by Crippen LogP contribution is 2.38. The normalized spacial score (nSPS) is 10.6. The molecule has 0 aliphatic heterocycles. The van der Waals surface area contributed by atoms with Gasteiger partial charge in [-0.05, 0) is 31.2 Å². The quantitative estimate of drug-likeness (QED) is 0.510. The largest absolute Gasteiger partial charge is 0.497 e. The second-order valence-corrected chi connectivity index (χ2v) is 6.00. The maximum atomic E-state index is 12.3. The minimum Gasteiger partial charge on any atom is -0.497 e. The van der Waals surface area contributed by atoms with Crippen molar-refractivity contribution >= 4 is 16.7 Å². The van der Waals surface area contributed by atoms with Crippen molar-refractivity contribution in [1.29, 1.82) is 0 Å². The maximum absolute atomic E-state index is 12.3. The van der Waals surface area contributed by atoms with Gasteiger partial charge in [0.15, 0.2) is 17.3 Å². The van der Waals surface area contributed by atoms with Gasteiger partial charge in [-0.2, -0.15) is 0 Å². The number of methoxy groups -OCH3 is 2. The Bertz CT molecular complexity index is 1000. The summed E-state index contributed by atoms with van der Waals surface area (Å²) < 4.78 is 22.5. The van der Waals surface area contributed by atoms with E-state index >= 15 is 0 Å². The van der Waals surface area contributed by atoms with Crippen molar-refractivity contribution in [1.82, 2.24) is 4.98 Å². The second kappa shape index (κ2) is 8.61. The van der Waals surface area contributed by atoms with Gasteiger partial charge in [-0.25, -0.2) is 0 Å². The van der Waals surface area contributed by atoms with Crippen LogP contribution >= 0.6 is 0 Å². The predicted molar refractivity (Wildman–Crippen MR) is 107 cm³/mol. The summed E-state index contributed by atoms with van der Waals surface area (Å²) >= 11 is 0. The summed E-state index contributed by atoms with van der Waals surface area (Å²) in [5.74, 6) is 2.80. The van der Waals surface area contributed by atoms with Crippen LogP contribution in [0.3, 0.4) is 0 Å². The second-order valence-electron chi connectivity index (χ2n) is 6.00. The lowest BCUT2D eigenvalue weighted by Crippen LogP contribution is -2.01. The van der Waals surface area contributed by atoms with Crippen LogP contribution in [0.5, 0.6) is 28.7 Å². The van der Waals surface area contributed by atoms with Crippen molar-refractivity contribution in [2.75, 3.05) is 20.8 Å². The number of hydrogen-bond acceptors (Lipinski definition) is 6. The number of ether oxygens (including phenoxy) is 4. The Morgan fingerprint density at radius 1 is 0.929 bits per heavy atom. The number of aromatic nitrogens is 1. The average Bonchev–Trinajstić information content (AvgIpc) is 2.73.